The minimum atomic E-state index is -2.34. The summed E-state index contributed by atoms with van der Waals surface area (Å²) in [7, 11) is -2.34. The lowest BCUT2D eigenvalue weighted by Crippen LogP contribution is -2.52. The maximum Gasteiger partial charge on any atom is 0.309 e. The van der Waals surface area contributed by atoms with Gasteiger partial charge < -0.3 is 14.3 Å². The van der Waals surface area contributed by atoms with E-state index in [4.69, 9.17) is 9.16 Å². The molecule has 0 aliphatic heterocycles. The number of carbonyl (C=O) groups excluding carboxylic acids is 2. The number of rotatable bonds is 17. The van der Waals surface area contributed by atoms with E-state index in [2.05, 4.69) is 69.6 Å². The molecule has 0 aliphatic rings. The molecule has 214 valence electrons. The van der Waals surface area contributed by atoms with E-state index in [1.54, 1.807) is 13.0 Å². The van der Waals surface area contributed by atoms with Crippen LogP contribution in [0.25, 0.3) is 0 Å². The summed E-state index contributed by atoms with van der Waals surface area (Å²) in [5.41, 5.74) is -0.0639. The summed E-state index contributed by atoms with van der Waals surface area (Å²) in [6, 6.07) is 0. The molecule has 0 aromatic rings. The average molecular weight is 649 g/mol. The van der Waals surface area contributed by atoms with Gasteiger partial charge in [-0.3, -0.25) is 9.59 Å². The van der Waals surface area contributed by atoms with E-state index < -0.39 is 43.9 Å². The fraction of sp³-hybridized carbons (Fsp3) is 0.733. The Labute approximate surface area is 241 Å². The van der Waals surface area contributed by atoms with Crippen LogP contribution < -0.4 is 0 Å². The van der Waals surface area contributed by atoms with Gasteiger partial charge in [0.25, 0.3) is 0 Å². The third kappa shape index (κ3) is 11.1. The van der Waals surface area contributed by atoms with Crippen molar-refractivity contribution >= 4 is 42.7 Å². The van der Waals surface area contributed by atoms with Gasteiger partial charge in [0.2, 0.25) is 0 Å². The zero-order valence-electron chi connectivity index (χ0n) is 25.0. The molecule has 0 heterocycles. The summed E-state index contributed by atoms with van der Waals surface area (Å²) < 4.78 is 14.5. The lowest BCUT2D eigenvalue weighted by Gasteiger charge is -2.44. The summed E-state index contributed by atoms with van der Waals surface area (Å²) in [5.74, 6) is -1.12. The van der Waals surface area contributed by atoms with Crippen LogP contribution in [0.2, 0.25) is 18.1 Å². The van der Waals surface area contributed by atoms with E-state index in [1.807, 2.05) is 37.9 Å². The van der Waals surface area contributed by atoms with Gasteiger partial charge in [-0.1, -0.05) is 83.2 Å². The van der Waals surface area contributed by atoms with Crippen molar-refractivity contribution in [2.75, 3.05) is 0 Å². The second kappa shape index (κ2) is 15.7. The van der Waals surface area contributed by atoms with Crippen molar-refractivity contribution in [1.29, 1.82) is 0 Å². The quantitative estimate of drug-likeness (QED) is 0.0567. The second-order valence-electron chi connectivity index (χ2n) is 12.5. The van der Waals surface area contributed by atoms with Crippen molar-refractivity contribution in [2.24, 2.45) is 17.3 Å². The maximum atomic E-state index is 13.9. The van der Waals surface area contributed by atoms with Crippen molar-refractivity contribution in [3.63, 3.8) is 0 Å². The van der Waals surface area contributed by atoms with Crippen LogP contribution in [0.5, 0.6) is 0 Å². The zero-order valence-corrected chi connectivity index (χ0v) is 28.2. The number of aliphatic hydroxyl groups is 1. The van der Waals surface area contributed by atoms with Crippen LogP contribution in [0.1, 0.15) is 87.5 Å². The van der Waals surface area contributed by atoms with E-state index in [-0.39, 0.29) is 23.2 Å². The SMILES string of the molecule is C=CCCC[C@H](C)[C@@H](O)[C@H](C)C(=O)C(C)(C)[C@H](CC(=O)O[C@@H](CC=C)/C(C)=C/I)O[Si](C)(C)C(C)(C)C. The van der Waals surface area contributed by atoms with Gasteiger partial charge in [0.15, 0.2) is 8.32 Å². The first-order valence-corrected chi connectivity index (χ1v) is 17.6. The number of unbranched alkanes of at least 4 members (excludes halogenated alkanes) is 1. The lowest BCUT2D eigenvalue weighted by molar-refractivity contribution is -0.153. The topological polar surface area (TPSA) is 72.8 Å². The summed E-state index contributed by atoms with van der Waals surface area (Å²) in [6.45, 7) is 27.5. The Bertz CT molecular complexity index is 796. The van der Waals surface area contributed by atoms with Crippen molar-refractivity contribution in [3.8, 4) is 0 Å². The Morgan fingerprint density at radius 1 is 1.08 bits per heavy atom. The Hall–Kier alpha value is -0.773. The summed E-state index contributed by atoms with van der Waals surface area (Å²) in [6.07, 6.45) is 4.86. The molecular formula is C30H53IO5Si. The largest absolute Gasteiger partial charge is 0.457 e. The van der Waals surface area contributed by atoms with E-state index in [9.17, 15) is 14.7 Å². The number of Topliss-reactive ketones (excluding diaryl/α,β-unsaturated/α-hetero) is 1. The van der Waals surface area contributed by atoms with Crippen LogP contribution >= 0.6 is 22.6 Å². The van der Waals surface area contributed by atoms with Gasteiger partial charge in [0.05, 0.1) is 18.6 Å². The molecule has 1 N–H and O–H groups in total. The highest BCUT2D eigenvalue weighted by atomic mass is 127. The molecule has 0 amide bonds. The van der Waals surface area contributed by atoms with Crippen LogP contribution in [0.3, 0.4) is 0 Å². The number of aliphatic hydroxyl groups excluding tert-OH is 1. The molecule has 0 spiro atoms. The Morgan fingerprint density at radius 3 is 2.11 bits per heavy atom. The molecule has 5 atom stereocenters. The van der Waals surface area contributed by atoms with Crippen molar-refractivity contribution in [1.82, 2.24) is 0 Å². The normalized spacial score (nSPS) is 17.4. The van der Waals surface area contributed by atoms with Gasteiger partial charge in [-0.05, 0) is 59.9 Å². The van der Waals surface area contributed by atoms with Crippen LogP contribution in [0, 0.1) is 17.3 Å². The van der Waals surface area contributed by atoms with Crippen LogP contribution in [-0.2, 0) is 18.8 Å². The highest BCUT2D eigenvalue weighted by Crippen LogP contribution is 2.42. The molecule has 7 heteroatoms. The molecule has 0 fully saturated rings. The number of ether oxygens (including phenoxy) is 1. The molecule has 0 radical (unpaired) electrons. The minimum Gasteiger partial charge on any atom is -0.457 e. The molecule has 0 aromatic heterocycles. The summed E-state index contributed by atoms with van der Waals surface area (Å²) in [5, 5.41) is 10.9. The first-order valence-electron chi connectivity index (χ1n) is 13.5. The molecule has 0 unspecified atom stereocenters. The van der Waals surface area contributed by atoms with Crippen molar-refractivity contribution in [2.45, 2.75) is 124 Å². The fourth-order valence-electron chi connectivity index (χ4n) is 4.03. The van der Waals surface area contributed by atoms with Gasteiger partial charge in [-0.25, -0.2) is 0 Å². The van der Waals surface area contributed by atoms with Gasteiger partial charge in [-0.2, -0.15) is 0 Å². The van der Waals surface area contributed by atoms with E-state index in [0.29, 0.717) is 6.42 Å². The van der Waals surface area contributed by atoms with E-state index in [1.165, 1.54) is 0 Å². The average Bonchev–Trinajstić information content (AvgIpc) is 2.80. The first-order chi connectivity index (χ1) is 16.9. The molecule has 0 rings (SSSR count). The summed E-state index contributed by atoms with van der Waals surface area (Å²) in [4.78, 5) is 27.1. The third-order valence-corrected chi connectivity index (χ3v) is 13.4. The van der Waals surface area contributed by atoms with Gasteiger partial charge in [-0.15, -0.1) is 13.2 Å². The van der Waals surface area contributed by atoms with Crippen LogP contribution in [-0.4, -0.2) is 43.5 Å². The number of ketones is 1. The number of hydrogen-bond donors (Lipinski definition) is 1. The first kappa shape index (κ1) is 36.2. The van der Waals surface area contributed by atoms with Gasteiger partial charge in [0.1, 0.15) is 11.9 Å². The molecule has 0 saturated carbocycles. The Morgan fingerprint density at radius 2 is 1.65 bits per heavy atom. The van der Waals surface area contributed by atoms with E-state index in [0.717, 1.165) is 24.8 Å². The monoisotopic (exact) mass is 648 g/mol. The van der Waals surface area contributed by atoms with Crippen molar-refractivity contribution < 1.29 is 23.9 Å². The van der Waals surface area contributed by atoms with Crippen molar-refractivity contribution in [3.05, 3.63) is 35.0 Å². The number of hydrogen-bond acceptors (Lipinski definition) is 5. The molecule has 0 saturated heterocycles. The van der Waals surface area contributed by atoms with Crippen LogP contribution in [0.4, 0.5) is 0 Å². The van der Waals surface area contributed by atoms with Crippen LogP contribution in [0.15, 0.2) is 35.0 Å². The fourth-order valence-corrected chi connectivity index (χ4v) is 5.88. The molecule has 5 nitrogen and oxygen atoms in total. The Kier molecular flexibility index (Phi) is 15.4. The lowest BCUT2D eigenvalue weighted by atomic mass is 9.73. The Balaban J connectivity index is 6.05. The number of carbonyl (C=O) groups is 2. The summed E-state index contributed by atoms with van der Waals surface area (Å²) >= 11 is 2.14. The third-order valence-electron chi connectivity index (χ3n) is 7.95. The molecule has 0 bridgehead atoms. The molecule has 37 heavy (non-hydrogen) atoms. The second-order valence-corrected chi connectivity index (χ2v) is 17.9. The predicted octanol–water partition coefficient (Wildman–Crippen LogP) is 8.18. The molecular weight excluding hydrogens is 595 g/mol. The predicted molar refractivity (Wildman–Crippen MR) is 166 cm³/mol. The standard InChI is InChI=1S/C30H53IO5Si/c1-13-15-16-18-21(3)27(33)23(5)28(34)30(9,10)25(36-37(11,12)29(6,7)8)19-26(32)35-24(17-14-2)22(4)20-31/h13-14,20-21,23-25,27,33H,1-2,15-19H2,3-12H3/b22-20+/t21-,23-,24-,25-,27+/m0/s1. The zero-order chi connectivity index (χ0) is 29.2. The highest BCUT2D eigenvalue weighted by Gasteiger charge is 2.48. The highest BCUT2D eigenvalue weighted by molar-refractivity contribution is 14.1. The number of allylic oxidation sites excluding steroid dienone is 1. The molecule has 0 aromatic carbocycles. The van der Waals surface area contributed by atoms with Gasteiger partial charge in [0, 0.05) is 17.8 Å². The number of esters is 1. The smallest absolute Gasteiger partial charge is 0.309 e. The molecule has 0 aliphatic carbocycles. The van der Waals surface area contributed by atoms with E-state index >= 15 is 0 Å². The van der Waals surface area contributed by atoms with Gasteiger partial charge >= 0.3 is 5.97 Å². The maximum absolute atomic E-state index is 13.9. The number of halogens is 1. The minimum absolute atomic E-state index is 0.0258.